The minimum atomic E-state index is -2.73. The van der Waals surface area contributed by atoms with Crippen LogP contribution < -0.4 is 0 Å². The van der Waals surface area contributed by atoms with Crippen LogP contribution in [0.25, 0.3) is 0 Å². The molecule has 0 spiro atoms. The van der Waals surface area contributed by atoms with Crippen LogP contribution >= 0.6 is 0 Å². The summed E-state index contributed by atoms with van der Waals surface area (Å²) in [5.74, 6) is -3.44. The zero-order chi connectivity index (χ0) is 23.1. The number of ketones is 1. The molecule has 0 radical (unpaired) electrons. The summed E-state index contributed by atoms with van der Waals surface area (Å²) in [6.07, 6.45) is -3.58. The third-order valence-electron chi connectivity index (χ3n) is 4.69. The number of aliphatic hydroxyl groups excluding tert-OH is 3. The summed E-state index contributed by atoms with van der Waals surface area (Å²) >= 11 is 0. The van der Waals surface area contributed by atoms with Crippen molar-refractivity contribution in [3.63, 3.8) is 0 Å². The monoisotopic (exact) mass is 374 g/mol. The number of carbonyl (C=O) groups excluding carboxylic acids is 1. The summed E-state index contributed by atoms with van der Waals surface area (Å²) in [4.78, 5) is 23.2. The number of rotatable bonds is 13. The average Bonchev–Trinajstić information content (AvgIpc) is 2.84. The molecule has 6 nitrogen and oxygen atoms in total. The molecule has 150 valence electrons. The largest absolute Gasteiger partial charge is 0.481 e. The van der Waals surface area contributed by atoms with E-state index in [-0.39, 0.29) is 12.8 Å². The zero-order valence-electron chi connectivity index (χ0n) is 19.3. The minimum Gasteiger partial charge on any atom is -0.481 e. The maximum absolute atomic E-state index is 12.4. The lowest BCUT2D eigenvalue weighted by Crippen LogP contribution is -2.24. The first-order valence-electron chi connectivity index (χ1n) is 11.3. The molecule has 0 aromatic rings. The van der Waals surface area contributed by atoms with E-state index in [2.05, 4.69) is 6.92 Å². The Hall–Kier alpha value is -1.24. The first-order chi connectivity index (χ1) is 13.8. The smallest absolute Gasteiger partial charge is 0.303 e. The van der Waals surface area contributed by atoms with Gasteiger partial charge in [-0.15, -0.1) is 0 Å². The van der Waals surface area contributed by atoms with Crippen LogP contribution in [0.4, 0.5) is 0 Å². The summed E-state index contributed by atoms with van der Waals surface area (Å²) in [6.45, 7) is 2.05. The lowest BCUT2D eigenvalue weighted by molar-refractivity contribution is -0.137. The first kappa shape index (κ1) is 16.9. The molecule has 1 aliphatic carbocycles. The number of unbranched alkanes of at least 4 members (excludes halogenated alkanes) is 2. The van der Waals surface area contributed by atoms with Gasteiger partial charge in [0, 0.05) is 43.0 Å². The van der Waals surface area contributed by atoms with E-state index in [1.165, 1.54) is 0 Å². The molecule has 1 rings (SSSR count). The van der Waals surface area contributed by atoms with Crippen LogP contribution in [0.2, 0.25) is 0 Å². The maximum Gasteiger partial charge on any atom is 0.303 e. The molecule has 5 atom stereocenters. The topological polar surface area (TPSA) is 115 Å². The van der Waals surface area contributed by atoms with Gasteiger partial charge in [-0.2, -0.15) is 0 Å². The van der Waals surface area contributed by atoms with Gasteiger partial charge < -0.3 is 20.4 Å². The number of carboxylic acids is 1. The number of aliphatic hydroxyl groups is 3. The van der Waals surface area contributed by atoms with Crippen LogP contribution in [0.3, 0.4) is 0 Å². The Bertz CT molecular complexity index is 610. The fourth-order valence-corrected chi connectivity index (χ4v) is 3.25. The molecule has 26 heavy (non-hydrogen) atoms. The average molecular weight is 375 g/mol. The summed E-state index contributed by atoms with van der Waals surface area (Å²) in [7, 11) is 0. The fraction of sp³-hybridized carbons (Fsp3) is 0.800. The van der Waals surface area contributed by atoms with Crippen molar-refractivity contribution < 1.29 is 35.5 Å². The Balaban J connectivity index is 2.78. The lowest BCUT2D eigenvalue weighted by Gasteiger charge is -2.20. The molecule has 0 unspecified atom stereocenters. The van der Waals surface area contributed by atoms with Gasteiger partial charge in [0.05, 0.1) is 18.3 Å². The number of Topliss-reactive ketones (excluding diaryl/α,β-unsaturated/α-hetero) is 1. The van der Waals surface area contributed by atoms with Gasteiger partial charge in [-0.05, 0) is 19.2 Å². The van der Waals surface area contributed by atoms with Crippen molar-refractivity contribution in [3.8, 4) is 0 Å². The van der Waals surface area contributed by atoms with Gasteiger partial charge in [0.2, 0.25) is 0 Å². The summed E-state index contributed by atoms with van der Waals surface area (Å²) < 4.78 is 31.0. The standard InChI is InChI=1S/C20H34O6/c1-2-3-4-7-14(21)10-11-16-17(19(24)13-18(16)23)12-15(22)8-5-6-9-20(25)26/h10-11,14,16-19,21,23-24H,2-9,12-13H2,1H3,(H,25,26)/b11-10+/t14-,16-,17-,18-,19+/m1/s1/i5D2,6D2. The molecular weight excluding hydrogens is 336 g/mol. The van der Waals surface area contributed by atoms with Crippen molar-refractivity contribution in [1.29, 1.82) is 0 Å². The zero-order valence-corrected chi connectivity index (χ0v) is 15.3. The molecule has 0 bridgehead atoms. The molecular formula is C20H34O6. The van der Waals surface area contributed by atoms with Gasteiger partial charge >= 0.3 is 5.97 Å². The van der Waals surface area contributed by atoms with E-state index < -0.39 is 67.5 Å². The molecule has 1 aliphatic rings. The van der Waals surface area contributed by atoms with Gasteiger partial charge in [0.1, 0.15) is 5.78 Å². The van der Waals surface area contributed by atoms with Crippen molar-refractivity contribution in [1.82, 2.24) is 0 Å². The number of carbonyl (C=O) groups is 2. The number of carboxylic acid groups (broad SMARTS) is 1. The second kappa shape index (κ2) is 12.2. The van der Waals surface area contributed by atoms with E-state index in [4.69, 9.17) is 10.6 Å². The van der Waals surface area contributed by atoms with Crippen molar-refractivity contribution >= 4 is 11.8 Å². The molecule has 0 amide bonds. The quantitative estimate of drug-likeness (QED) is 0.291. The Morgan fingerprint density at radius 1 is 1.19 bits per heavy atom. The molecule has 4 N–H and O–H groups in total. The number of hydrogen-bond acceptors (Lipinski definition) is 5. The molecule has 0 aromatic carbocycles. The van der Waals surface area contributed by atoms with Gasteiger partial charge in [0.25, 0.3) is 0 Å². The van der Waals surface area contributed by atoms with E-state index >= 15 is 0 Å². The van der Waals surface area contributed by atoms with E-state index in [1.807, 2.05) is 0 Å². The van der Waals surface area contributed by atoms with Gasteiger partial charge in [0.15, 0.2) is 0 Å². The Morgan fingerprint density at radius 3 is 2.54 bits per heavy atom. The van der Waals surface area contributed by atoms with E-state index in [1.54, 1.807) is 12.2 Å². The Labute approximate surface area is 161 Å². The van der Waals surface area contributed by atoms with Crippen LogP contribution in [-0.4, -0.2) is 50.5 Å². The predicted molar refractivity (Wildman–Crippen MR) is 98.6 cm³/mol. The molecule has 0 aromatic heterocycles. The molecule has 1 saturated carbocycles. The van der Waals surface area contributed by atoms with Crippen molar-refractivity contribution in [2.24, 2.45) is 11.8 Å². The number of hydrogen-bond donors (Lipinski definition) is 4. The Morgan fingerprint density at radius 2 is 1.88 bits per heavy atom. The molecule has 0 aliphatic heterocycles. The fourth-order valence-electron chi connectivity index (χ4n) is 3.25. The highest BCUT2D eigenvalue weighted by Gasteiger charge is 2.41. The summed E-state index contributed by atoms with van der Waals surface area (Å²) in [6, 6.07) is 0. The summed E-state index contributed by atoms with van der Waals surface area (Å²) in [5, 5.41) is 39.3. The van der Waals surface area contributed by atoms with Crippen LogP contribution in [0.1, 0.15) is 76.5 Å². The highest BCUT2D eigenvalue weighted by molar-refractivity contribution is 5.78. The second-order valence-corrected chi connectivity index (χ2v) is 6.90. The lowest BCUT2D eigenvalue weighted by atomic mass is 9.87. The third-order valence-corrected chi connectivity index (χ3v) is 4.69. The highest BCUT2D eigenvalue weighted by Crippen LogP contribution is 2.36. The van der Waals surface area contributed by atoms with Crippen LogP contribution in [-0.2, 0) is 9.59 Å². The molecule has 1 fully saturated rings. The molecule has 0 saturated heterocycles. The van der Waals surface area contributed by atoms with E-state index in [9.17, 15) is 24.9 Å². The number of aliphatic carboxylic acids is 1. The van der Waals surface area contributed by atoms with Crippen molar-refractivity contribution in [3.05, 3.63) is 12.2 Å². The highest BCUT2D eigenvalue weighted by atomic mass is 16.4. The summed E-state index contributed by atoms with van der Waals surface area (Å²) in [5.41, 5.74) is 0. The second-order valence-electron chi connectivity index (χ2n) is 6.90. The predicted octanol–water partition coefficient (Wildman–Crippen LogP) is 2.45. The van der Waals surface area contributed by atoms with Crippen LogP contribution in [0.5, 0.6) is 0 Å². The molecule has 0 heterocycles. The molecule has 6 heteroatoms. The van der Waals surface area contributed by atoms with Crippen LogP contribution in [0.15, 0.2) is 12.2 Å². The third kappa shape index (κ3) is 8.43. The van der Waals surface area contributed by atoms with E-state index in [0.717, 1.165) is 19.3 Å². The van der Waals surface area contributed by atoms with Gasteiger partial charge in [-0.1, -0.05) is 38.3 Å². The SMILES string of the molecule is [2H]C([2H])(CC(=O)O)C([2H])([2H])CC(=O)C[C@@H]1[C@@H](/C=C/[C@H](O)CCCCC)[C@H](O)C[C@@H]1O. The maximum atomic E-state index is 12.4. The normalized spacial score (nSPS) is 30.5. The van der Waals surface area contributed by atoms with Crippen molar-refractivity contribution in [2.75, 3.05) is 0 Å². The Kier molecular flexibility index (Phi) is 7.93. The van der Waals surface area contributed by atoms with Gasteiger partial charge in [-0.25, -0.2) is 0 Å². The van der Waals surface area contributed by atoms with E-state index in [0.29, 0.717) is 6.42 Å². The van der Waals surface area contributed by atoms with Crippen LogP contribution in [0, 0.1) is 11.8 Å². The van der Waals surface area contributed by atoms with Crippen molar-refractivity contribution in [2.45, 2.75) is 89.3 Å². The first-order valence-corrected chi connectivity index (χ1v) is 9.26. The van der Waals surface area contributed by atoms with Gasteiger partial charge in [-0.3, -0.25) is 9.59 Å². The minimum absolute atomic E-state index is 0.0472.